The van der Waals surface area contributed by atoms with Gasteiger partial charge in [-0.05, 0) is 14.1 Å². The van der Waals surface area contributed by atoms with E-state index >= 15 is 0 Å². The van der Waals surface area contributed by atoms with E-state index in [2.05, 4.69) is 33.8 Å². The summed E-state index contributed by atoms with van der Waals surface area (Å²) in [6.07, 6.45) is 2.53. The molecular weight excluding hydrogens is 248 g/mol. The van der Waals surface area contributed by atoms with Crippen molar-refractivity contribution < 1.29 is 4.79 Å². The molecule has 0 N–H and O–H groups in total. The zero-order valence-electron chi connectivity index (χ0n) is 11.0. The van der Waals surface area contributed by atoms with E-state index in [1.807, 2.05) is 0 Å². The van der Waals surface area contributed by atoms with Crippen molar-refractivity contribution in [2.75, 3.05) is 58.3 Å². The molecule has 100 valence electrons. The quantitative estimate of drug-likeness (QED) is 0.733. The van der Waals surface area contributed by atoms with Crippen molar-refractivity contribution in [2.45, 2.75) is 0 Å². The molecule has 0 atom stereocenters. The minimum atomic E-state index is 0.708. The molecule has 1 aliphatic heterocycles. The number of carbonyl (C=O) groups excluding carboxylic acids is 1. The van der Waals surface area contributed by atoms with Gasteiger partial charge in [-0.1, -0.05) is 11.3 Å². The standard InChI is InChI=1S/C12H20N4OS/c1-14(2)3-4-15-5-7-16(8-6-15)12-13-9-11(10-17)18-12/h9-10H,3-8H2,1-2H3. The van der Waals surface area contributed by atoms with Gasteiger partial charge in [0.25, 0.3) is 0 Å². The highest BCUT2D eigenvalue weighted by atomic mass is 32.1. The van der Waals surface area contributed by atoms with Crippen LogP contribution in [0.3, 0.4) is 0 Å². The molecule has 0 saturated carbocycles. The Morgan fingerprint density at radius 3 is 2.67 bits per heavy atom. The summed E-state index contributed by atoms with van der Waals surface area (Å²) in [5.74, 6) is 0. The number of hydrogen-bond acceptors (Lipinski definition) is 6. The Hall–Kier alpha value is -0.980. The lowest BCUT2D eigenvalue weighted by Gasteiger charge is -2.34. The number of aromatic nitrogens is 1. The second-order valence-electron chi connectivity index (χ2n) is 4.80. The lowest BCUT2D eigenvalue weighted by Crippen LogP contribution is -2.48. The highest BCUT2D eigenvalue weighted by molar-refractivity contribution is 7.17. The van der Waals surface area contributed by atoms with E-state index in [1.54, 1.807) is 6.20 Å². The molecule has 0 unspecified atom stereocenters. The number of hydrogen-bond donors (Lipinski definition) is 0. The zero-order chi connectivity index (χ0) is 13.0. The van der Waals surface area contributed by atoms with E-state index in [4.69, 9.17) is 0 Å². The first-order valence-corrected chi connectivity index (χ1v) is 7.04. The van der Waals surface area contributed by atoms with Crippen LogP contribution in [0.4, 0.5) is 5.13 Å². The van der Waals surface area contributed by atoms with Gasteiger partial charge < -0.3 is 9.80 Å². The fourth-order valence-corrected chi connectivity index (χ4v) is 2.76. The van der Waals surface area contributed by atoms with Gasteiger partial charge in [0, 0.05) is 39.3 Å². The smallest absolute Gasteiger partial charge is 0.186 e. The maximum absolute atomic E-state index is 10.6. The number of anilines is 1. The van der Waals surface area contributed by atoms with Crippen LogP contribution in [-0.2, 0) is 0 Å². The molecule has 0 amide bonds. The van der Waals surface area contributed by atoms with Gasteiger partial charge in [0.2, 0.25) is 0 Å². The predicted octanol–water partition coefficient (Wildman–Crippen LogP) is 0.639. The summed E-state index contributed by atoms with van der Waals surface area (Å²) in [6, 6.07) is 0. The summed E-state index contributed by atoms with van der Waals surface area (Å²) in [7, 11) is 4.21. The molecule has 1 aromatic rings. The Kier molecular flexibility index (Phi) is 4.68. The van der Waals surface area contributed by atoms with Gasteiger partial charge in [0.15, 0.2) is 11.4 Å². The number of likely N-dealkylation sites (N-methyl/N-ethyl adjacent to an activating group) is 1. The largest absolute Gasteiger partial charge is 0.346 e. The van der Waals surface area contributed by atoms with Gasteiger partial charge in [0.05, 0.1) is 11.1 Å². The van der Waals surface area contributed by atoms with Crippen molar-refractivity contribution in [2.24, 2.45) is 0 Å². The van der Waals surface area contributed by atoms with E-state index < -0.39 is 0 Å². The summed E-state index contributed by atoms with van der Waals surface area (Å²) in [6.45, 7) is 6.37. The molecule has 6 heteroatoms. The maximum atomic E-state index is 10.6. The fourth-order valence-electron chi connectivity index (χ4n) is 1.98. The van der Waals surface area contributed by atoms with Crippen molar-refractivity contribution >= 4 is 22.8 Å². The highest BCUT2D eigenvalue weighted by Crippen LogP contribution is 2.22. The summed E-state index contributed by atoms with van der Waals surface area (Å²) in [5.41, 5.74) is 0. The number of thiazole rings is 1. The van der Waals surface area contributed by atoms with Crippen molar-refractivity contribution in [1.29, 1.82) is 0 Å². The van der Waals surface area contributed by atoms with E-state index in [1.165, 1.54) is 11.3 Å². The molecule has 18 heavy (non-hydrogen) atoms. The molecule has 0 aliphatic carbocycles. The highest BCUT2D eigenvalue weighted by Gasteiger charge is 2.19. The molecule has 2 rings (SSSR count). The second-order valence-corrected chi connectivity index (χ2v) is 5.84. The SMILES string of the molecule is CN(C)CCN1CCN(c2ncc(C=O)s2)CC1. The van der Waals surface area contributed by atoms with E-state index in [9.17, 15) is 4.79 Å². The van der Waals surface area contributed by atoms with Crippen molar-refractivity contribution in [1.82, 2.24) is 14.8 Å². The number of carbonyl (C=O) groups is 1. The van der Waals surface area contributed by atoms with Crippen LogP contribution in [-0.4, -0.2) is 74.4 Å². The number of rotatable bonds is 5. The van der Waals surface area contributed by atoms with Crippen LogP contribution in [0, 0.1) is 0 Å². The van der Waals surface area contributed by atoms with Gasteiger partial charge in [-0.2, -0.15) is 0 Å². The first kappa shape index (κ1) is 13.5. The Bertz CT molecular complexity index is 385. The van der Waals surface area contributed by atoms with Crippen LogP contribution in [0.15, 0.2) is 6.20 Å². The average molecular weight is 268 g/mol. The Balaban J connectivity index is 1.81. The van der Waals surface area contributed by atoms with Gasteiger partial charge in [-0.25, -0.2) is 4.98 Å². The molecule has 0 radical (unpaired) electrons. The van der Waals surface area contributed by atoms with Crippen LogP contribution in [0.2, 0.25) is 0 Å². The molecule has 2 heterocycles. The summed E-state index contributed by atoms with van der Waals surface area (Å²) >= 11 is 1.48. The van der Waals surface area contributed by atoms with Crippen molar-refractivity contribution in [3.8, 4) is 0 Å². The molecule has 0 spiro atoms. The topological polar surface area (TPSA) is 39.7 Å². The van der Waals surface area contributed by atoms with Crippen LogP contribution in [0.5, 0.6) is 0 Å². The lowest BCUT2D eigenvalue weighted by molar-refractivity contribution is 0.112. The Labute approximate surface area is 112 Å². The fraction of sp³-hybridized carbons (Fsp3) is 0.667. The third kappa shape index (κ3) is 3.51. The Morgan fingerprint density at radius 1 is 1.39 bits per heavy atom. The zero-order valence-corrected chi connectivity index (χ0v) is 11.8. The number of nitrogens with zero attached hydrogens (tertiary/aromatic N) is 4. The van der Waals surface area contributed by atoms with Gasteiger partial charge in [0.1, 0.15) is 0 Å². The molecule has 5 nitrogen and oxygen atoms in total. The molecule has 0 aromatic carbocycles. The predicted molar refractivity (Wildman–Crippen MR) is 74.7 cm³/mol. The summed E-state index contributed by atoms with van der Waals surface area (Å²) in [5, 5.41) is 0.976. The monoisotopic (exact) mass is 268 g/mol. The number of piperazine rings is 1. The molecule has 1 saturated heterocycles. The molecule has 0 bridgehead atoms. The van der Waals surface area contributed by atoms with Gasteiger partial charge in [-0.15, -0.1) is 0 Å². The average Bonchev–Trinajstić information content (AvgIpc) is 2.85. The third-order valence-corrected chi connectivity index (χ3v) is 4.12. The first-order chi connectivity index (χ1) is 8.69. The van der Waals surface area contributed by atoms with Gasteiger partial charge >= 0.3 is 0 Å². The van der Waals surface area contributed by atoms with E-state index in [0.717, 1.165) is 50.7 Å². The molecule has 1 aliphatic rings. The van der Waals surface area contributed by atoms with Gasteiger partial charge in [-0.3, -0.25) is 9.69 Å². The van der Waals surface area contributed by atoms with Crippen molar-refractivity contribution in [3.63, 3.8) is 0 Å². The minimum absolute atomic E-state index is 0.708. The lowest BCUT2D eigenvalue weighted by atomic mass is 10.3. The van der Waals surface area contributed by atoms with Crippen LogP contribution < -0.4 is 4.90 Å². The van der Waals surface area contributed by atoms with E-state index in [-0.39, 0.29) is 0 Å². The Morgan fingerprint density at radius 2 is 2.11 bits per heavy atom. The third-order valence-electron chi connectivity index (χ3n) is 3.13. The second kappa shape index (κ2) is 6.26. The van der Waals surface area contributed by atoms with Crippen LogP contribution in [0.25, 0.3) is 0 Å². The first-order valence-electron chi connectivity index (χ1n) is 6.22. The maximum Gasteiger partial charge on any atom is 0.186 e. The summed E-state index contributed by atoms with van der Waals surface area (Å²) < 4.78 is 0. The molecular formula is C12H20N4OS. The van der Waals surface area contributed by atoms with Crippen LogP contribution >= 0.6 is 11.3 Å². The molecule has 1 aromatic heterocycles. The normalized spacial score (nSPS) is 17.4. The van der Waals surface area contributed by atoms with E-state index in [0.29, 0.717) is 4.88 Å². The van der Waals surface area contributed by atoms with Crippen molar-refractivity contribution in [3.05, 3.63) is 11.1 Å². The minimum Gasteiger partial charge on any atom is -0.346 e. The number of aldehydes is 1. The summed E-state index contributed by atoms with van der Waals surface area (Å²) in [4.78, 5) is 22.6. The van der Waals surface area contributed by atoms with Crippen LogP contribution in [0.1, 0.15) is 9.67 Å². The molecule has 1 fully saturated rings.